The second kappa shape index (κ2) is 7.25. The van der Waals surface area contributed by atoms with Crippen LogP contribution in [-0.4, -0.2) is 45.4 Å². The second-order valence-electron chi connectivity index (χ2n) is 5.16. The van der Waals surface area contributed by atoms with Gasteiger partial charge in [0.15, 0.2) is 0 Å². The topological polar surface area (TPSA) is 75.7 Å². The summed E-state index contributed by atoms with van der Waals surface area (Å²) in [4.78, 5) is 11.8. The molecule has 0 radical (unpaired) electrons. The number of benzene rings is 1. The van der Waals surface area contributed by atoms with Gasteiger partial charge < -0.3 is 10.1 Å². The van der Waals surface area contributed by atoms with E-state index in [4.69, 9.17) is 27.9 Å². The molecule has 1 aliphatic heterocycles. The van der Waals surface area contributed by atoms with Crippen LogP contribution in [0.2, 0.25) is 10.0 Å². The summed E-state index contributed by atoms with van der Waals surface area (Å²) in [7, 11) is -2.40. The van der Waals surface area contributed by atoms with Gasteiger partial charge in [0.05, 0.1) is 23.1 Å². The number of carbonyl (C=O) groups is 1. The molecule has 0 saturated carbocycles. The van der Waals surface area contributed by atoms with Crippen molar-refractivity contribution < 1.29 is 17.9 Å². The van der Waals surface area contributed by atoms with Gasteiger partial charge in [0.1, 0.15) is 10.6 Å². The zero-order valence-corrected chi connectivity index (χ0v) is 15.1. The Bertz CT molecular complexity index is 709. The zero-order valence-electron chi connectivity index (χ0n) is 12.8. The van der Waals surface area contributed by atoms with E-state index in [2.05, 4.69) is 5.32 Å². The van der Waals surface area contributed by atoms with Crippen molar-refractivity contribution in [2.45, 2.75) is 18.2 Å². The molecule has 23 heavy (non-hydrogen) atoms. The first kappa shape index (κ1) is 18.3. The molecule has 1 atom stereocenters. The summed E-state index contributed by atoms with van der Waals surface area (Å²) in [6, 6.07) is 2.64. The Morgan fingerprint density at radius 2 is 2.09 bits per heavy atom. The summed E-state index contributed by atoms with van der Waals surface area (Å²) in [5.74, 6) is -0.182. The van der Waals surface area contributed by atoms with E-state index >= 15 is 0 Å². The minimum absolute atomic E-state index is 0.0349. The highest BCUT2D eigenvalue weighted by molar-refractivity contribution is 7.89. The molecule has 1 unspecified atom stereocenters. The Morgan fingerprint density at radius 1 is 1.39 bits per heavy atom. The summed E-state index contributed by atoms with van der Waals surface area (Å²) >= 11 is 12.1. The molecule has 0 bridgehead atoms. The number of carbonyl (C=O) groups excluding carboxylic acids is 1. The minimum Gasteiger partial charge on any atom is -0.495 e. The zero-order chi connectivity index (χ0) is 17.2. The van der Waals surface area contributed by atoms with Crippen molar-refractivity contribution in [3.05, 3.63) is 22.2 Å². The first-order valence-corrected chi connectivity index (χ1v) is 9.31. The normalized spacial score (nSPS) is 18.9. The van der Waals surface area contributed by atoms with Crippen molar-refractivity contribution in [3.63, 3.8) is 0 Å². The molecule has 1 heterocycles. The Morgan fingerprint density at radius 3 is 2.70 bits per heavy atom. The fourth-order valence-electron chi connectivity index (χ4n) is 2.48. The van der Waals surface area contributed by atoms with Crippen LogP contribution in [0.15, 0.2) is 17.0 Å². The molecule has 0 aliphatic carbocycles. The third-order valence-corrected chi connectivity index (χ3v) is 6.32. The van der Waals surface area contributed by atoms with E-state index in [0.717, 1.165) is 0 Å². The van der Waals surface area contributed by atoms with Crippen molar-refractivity contribution in [1.29, 1.82) is 0 Å². The summed E-state index contributed by atoms with van der Waals surface area (Å²) in [5, 5.41) is 2.91. The van der Waals surface area contributed by atoms with Gasteiger partial charge in [-0.15, -0.1) is 0 Å². The Hall–Kier alpha value is -1.02. The van der Waals surface area contributed by atoms with E-state index in [1.807, 2.05) is 6.92 Å². The van der Waals surface area contributed by atoms with Gasteiger partial charge in [-0.25, -0.2) is 8.42 Å². The highest BCUT2D eigenvalue weighted by Gasteiger charge is 2.36. The average Bonchev–Trinajstić information content (AvgIpc) is 3.00. The smallest absolute Gasteiger partial charge is 0.244 e. The van der Waals surface area contributed by atoms with Gasteiger partial charge >= 0.3 is 0 Å². The van der Waals surface area contributed by atoms with Crippen LogP contribution in [0, 0.1) is 5.92 Å². The molecule has 1 fully saturated rings. The number of ether oxygens (including phenoxy) is 1. The Balaban J connectivity index is 2.27. The molecule has 2 rings (SSSR count). The van der Waals surface area contributed by atoms with Gasteiger partial charge in [-0.3, -0.25) is 4.79 Å². The summed E-state index contributed by atoms with van der Waals surface area (Å²) in [6.45, 7) is 2.74. The number of nitrogens with zero attached hydrogens (tertiary/aromatic N) is 1. The number of hydrogen-bond acceptors (Lipinski definition) is 4. The molecular formula is C14H18Cl2N2O4S. The SMILES string of the molecule is CCNC(=O)C1CCN(S(=O)(=O)c2cc(Cl)c(OC)cc2Cl)C1. The fraction of sp³-hybridized carbons (Fsp3) is 0.500. The highest BCUT2D eigenvalue weighted by atomic mass is 35.5. The summed E-state index contributed by atoms with van der Waals surface area (Å²) < 4.78 is 31.8. The van der Waals surface area contributed by atoms with Crippen molar-refractivity contribution in [3.8, 4) is 5.75 Å². The number of rotatable bonds is 5. The van der Waals surface area contributed by atoms with Gasteiger partial charge in [0.25, 0.3) is 0 Å². The van der Waals surface area contributed by atoms with Crippen LogP contribution >= 0.6 is 23.2 Å². The van der Waals surface area contributed by atoms with E-state index in [0.29, 0.717) is 18.7 Å². The lowest BCUT2D eigenvalue weighted by Gasteiger charge is -2.18. The Kier molecular flexibility index (Phi) is 5.78. The minimum atomic E-state index is -3.82. The lowest BCUT2D eigenvalue weighted by molar-refractivity contribution is -0.124. The van der Waals surface area contributed by atoms with Crippen LogP contribution in [-0.2, 0) is 14.8 Å². The van der Waals surface area contributed by atoms with E-state index in [1.165, 1.54) is 23.5 Å². The molecular weight excluding hydrogens is 363 g/mol. The fourth-order valence-corrected chi connectivity index (χ4v) is 4.81. The largest absolute Gasteiger partial charge is 0.495 e. The van der Waals surface area contributed by atoms with Crippen molar-refractivity contribution in [1.82, 2.24) is 9.62 Å². The molecule has 128 valence electrons. The highest BCUT2D eigenvalue weighted by Crippen LogP contribution is 2.36. The predicted molar refractivity (Wildman–Crippen MR) is 88.6 cm³/mol. The maximum atomic E-state index is 12.7. The van der Waals surface area contributed by atoms with Crippen LogP contribution in [0.25, 0.3) is 0 Å². The maximum absolute atomic E-state index is 12.7. The molecule has 1 saturated heterocycles. The van der Waals surface area contributed by atoms with E-state index in [9.17, 15) is 13.2 Å². The molecule has 1 N–H and O–H groups in total. The van der Waals surface area contributed by atoms with Crippen molar-refractivity contribution in [2.24, 2.45) is 5.92 Å². The number of nitrogens with one attached hydrogen (secondary N) is 1. The molecule has 9 heteroatoms. The van der Waals surface area contributed by atoms with Gasteiger partial charge in [0, 0.05) is 25.7 Å². The van der Waals surface area contributed by atoms with Crippen LogP contribution in [0.3, 0.4) is 0 Å². The molecule has 1 aromatic carbocycles. The Labute approximate surface area is 145 Å². The predicted octanol–water partition coefficient (Wildman–Crippen LogP) is 2.15. The third kappa shape index (κ3) is 3.74. The molecule has 1 aromatic rings. The van der Waals surface area contributed by atoms with Gasteiger partial charge in [-0.05, 0) is 19.4 Å². The summed E-state index contributed by atoms with van der Waals surface area (Å²) in [5.41, 5.74) is 0. The maximum Gasteiger partial charge on any atom is 0.244 e. The molecule has 1 amide bonds. The van der Waals surface area contributed by atoms with Gasteiger partial charge in [-0.1, -0.05) is 23.2 Å². The third-order valence-electron chi connectivity index (χ3n) is 3.70. The number of methoxy groups -OCH3 is 1. The number of halogens is 2. The van der Waals surface area contributed by atoms with Crippen molar-refractivity contribution >= 4 is 39.1 Å². The molecule has 0 spiro atoms. The van der Waals surface area contributed by atoms with E-state index in [1.54, 1.807) is 0 Å². The lowest BCUT2D eigenvalue weighted by Crippen LogP contribution is -2.34. The number of sulfonamides is 1. The van der Waals surface area contributed by atoms with Crippen LogP contribution in [0.1, 0.15) is 13.3 Å². The number of amides is 1. The summed E-state index contributed by atoms with van der Waals surface area (Å²) in [6.07, 6.45) is 0.479. The molecule has 1 aliphatic rings. The molecule has 0 aromatic heterocycles. The second-order valence-corrected chi connectivity index (χ2v) is 7.88. The monoisotopic (exact) mass is 380 g/mol. The standard InChI is InChI=1S/C14H18Cl2N2O4S/c1-3-17-14(19)9-4-5-18(8-9)23(20,21)13-7-10(15)12(22-2)6-11(13)16/h6-7,9H,3-5,8H2,1-2H3,(H,17,19). The van der Waals surface area contributed by atoms with E-state index < -0.39 is 10.0 Å². The lowest BCUT2D eigenvalue weighted by atomic mass is 10.1. The van der Waals surface area contributed by atoms with E-state index in [-0.39, 0.29) is 39.9 Å². The van der Waals surface area contributed by atoms with Crippen LogP contribution in [0.5, 0.6) is 5.75 Å². The van der Waals surface area contributed by atoms with Gasteiger partial charge in [0.2, 0.25) is 15.9 Å². The number of hydrogen-bond donors (Lipinski definition) is 1. The molecule has 6 nitrogen and oxygen atoms in total. The average molecular weight is 381 g/mol. The first-order valence-electron chi connectivity index (χ1n) is 7.12. The van der Waals surface area contributed by atoms with Crippen LogP contribution < -0.4 is 10.1 Å². The quantitative estimate of drug-likeness (QED) is 0.848. The van der Waals surface area contributed by atoms with Crippen molar-refractivity contribution in [2.75, 3.05) is 26.7 Å². The first-order chi connectivity index (χ1) is 10.8. The van der Waals surface area contributed by atoms with Crippen LogP contribution in [0.4, 0.5) is 0 Å². The van der Waals surface area contributed by atoms with Gasteiger partial charge in [-0.2, -0.15) is 4.31 Å².